The number of fused-ring (bicyclic) bond motifs is 1. The maximum atomic E-state index is 15.4. The van der Waals surface area contributed by atoms with E-state index in [4.69, 9.17) is 5.73 Å². The van der Waals surface area contributed by atoms with Crippen LogP contribution in [0, 0.1) is 18.7 Å². The van der Waals surface area contributed by atoms with Crippen LogP contribution < -0.4 is 21.9 Å². The second-order valence-electron chi connectivity index (χ2n) is 8.56. The zero-order chi connectivity index (χ0) is 23.5. The Kier molecular flexibility index (Phi) is 5.54. The number of aryl methyl sites for hydroxylation is 1. The molecule has 1 aliphatic carbocycles. The average Bonchev–Trinajstić information content (AvgIpc) is 3.37. The van der Waals surface area contributed by atoms with Gasteiger partial charge in [-0.3, -0.25) is 14.3 Å². The molecule has 1 saturated carbocycles. The number of nitrogens with two attached hydrogens (primary N) is 1. The summed E-state index contributed by atoms with van der Waals surface area (Å²) in [5.74, 6) is -1.92. The van der Waals surface area contributed by atoms with Crippen LogP contribution in [-0.4, -0.2) is 34.9 Å². The number of aromatic nitrogens is 2. The molecule has 0 bridgehead atoms. The van der Waals surface area contributed by atoms with Crippen LogP contribution in [0.2, 0.25) is 0 Å². The molecule has 176 valence electrons. The van der Waals surface area contributed by atoms with Crippen molar-refractivity contribution in [2.75, 3.05) is 18.0 Å². The number of nitrogens with zero attached hydrogens (tertiary/aromatic N) is 2. The lowest BCUT2D eigenvalue weighted by atomic mass is 9.96. The molecular formula is C20H22F6N4O2. The first kappa shape index (κ1) is 22.7. The van der Waals surface area contributed by atoms with E-state index in [1.54, 1.807) is 0 Å². The predicted octanol–water partition coefficient (Wildman–Crippen LogP) is 3.52. The molecule has 1 aromatic heterocycles. The summed E-state index contributed by atoms with van der Waals surface area (Å²) in [4.78, 5) is 28.3. The van der Waals surface area contributed by atoms with Crippen LogP contribution in [0.5, 0.6) is 0 Å². The summed E-state index contributed by atoms with van der Waals surface area (Å²) < 4.78 is 82.7. The zero-order valence-electron chi connectivity index (χ0n) is 17.1. The molecule has 0 amide bonds. The van der Waals surface area contributed by atoms with E-state index >= 15 is 4.39 Å². The molecule has 2 heterocycles. The highest BCUT2D eigenvalue weighted by atomic mass is 19.4. The van der Waals surface area contributed by atoms with Crippen molar-refractivity contribution in [1.82, 2.24) is 9.55 Å². The number of benzene rings is 1. The van der Waals surface area contributed by atoms with Gasteiger partial charge in [-0.1, -0.05) is 0 Å². The molecule has 3 N–H and O–H groups in total. The SMILES string of the molecule is Cc1c(N2CCC(C(N)CC(F)(F)F)C2)c(F)c(C(F)F)c2c(=O)[nH]c(=O)n(C3CC3)c12. The molecule has 1 aliphatic heterocycles. The number of halogens is 6. The first-order chi connectivity index (χ1) is 14.9. The summed E-state index contributed by atoms with van der Waals surface area (Å²) in [6, 6.07) is -1.51. The number of nitrogens with one attached hydrogen (secondary N) is 1. The lowest BCUT2D eigenvalue weighted by molar-refractivity contribution is -0.140. The van der Waals surface area contributed by atoms with Gasteiger partial charge in [-0.05, 0) is 32.1 Å². The van der Waals surface area contributed by atoms with Crippen LogP contribution in [0.3, 0.4) is 0 Å². The minimum absolute atomic E-state index is 0.0555. The summed E-state index contributed by atoms with van der Waals surface area (Å²) in [5, 5.41) is -0.574. The Morgan fingerprint density at radius 2 is 1.84 bits per heavy atom. The summed E-state index contributed by atoms with van der Waals surface area (Å²) >= 11 is 0. The Labute approximate surface area is 178 Å². The highest BCUT2D eigenvalue weighted by molar-refractivity contribution is 5.90. The molecule has 0 radical (unpaired) electrons. The van der Waals surface area contributed by atoms with E-state index in [1.807, 2.05) is 4.98 Å². The van der Waals surface area contributed by atoms with Crippen molar-refractivity contribution in [3.05, 3.63) is 37.8 Å². The zero-order valence-corrected chi connectivity index (χ0v) is 17.1. The van der Waals surface area contributed by atoms with Crippen molar-refractivity contribution in [2.24, 2.45) is 11.7 Å². The standard InChI is InChI=1S/C20H22F6N4O2/c1-8-15-13(18(31)28-19(32)30(15)10-2-3-10)12(17(22)23)14(21)16(8)29-5-4-9(7-29)11(27)6-20(24,25)26/h9-11,17H,2-7,27H2,1H3,(H,28,31,32). The number of alkyl halides is 5. The summed E-state index contributed by atoms with van der Waals surface area (Å²) in [6.45, 7) is 1.48. The Bertz CT molecular complexity index is 1170. The molecule has 2 aromatic rings. The highest BCUT2D eigenvalue weighted by Gasteiger charge is 2.39. The normalized spacial score (nSPS) is 20.5. The van der Waals surface area contributed by atoms with E-state index in [9.17, 15) is 31.5 Å². The number of hydrogen-bond acceptors (Lipinski definition) is 4. The molecular weight excluding hydrogens is 442 g/mol. The van der Waals surface area contributed by atoms with Crippen LogP contribution in [-0.2, 0) is 0 Å². The van der Waals surface area contributed by atoms with E-state index in [0.29, 0.717) is 12.8 Å². The molecule has 32 heavy (non-hydrogen) atoms. The van der Waals surface area contributed by atoms with Crippen molar-refractivity contribution in [3.8, 4) is 0 Å². The van der Waals surface area contributed by atoms with Crippen LogP contribution in [0.1, 0.15) is 49.3 Å². The van der Waals surface area contributed by atoms with E-state index in [1.165, 1.54) is 16.4 Å². The summed E-state index contributed by atoms with van der Waals surface area (Å²) in [6.07, 6.45) is -7.56. The average molecular weight is 464 g/mol. The Hall–Kier alpha value is -2.50. The van der Waals surface area contributed by atoms with Gasteiger partial charge in [0, 0.05) is 30.7 Å². The van der Waals surface area contributed by atoms with Gasteiger partial charge in [-0.2, -0.15) is 13.2 Å². The van der Waals surface area contributed by atoms with Crippen molar-refractivity contribution in [1.29, 1.82) is 0 Å². The molecule has 2 aliphatic rings. The Balaban J connectivity index is 1.87. The van der Waals surface area contributed by atoms with Gasteiger partial charge >= 0.3 is 11.9 Å². The Morgan fingerprint density at radius 3 is 2.41 bits per heavy atom. The van der Waals surface area contributed by atoms with Crippen molar-refractivity contribution < 1.29 is 26.3 Å². The minimum atomic E-state index is -4.46. The first-order valence-electron chi connectivity index (χ1n) is 10.3. The van der Waals surface area contributed by atoms with Crippen molar-refractivity contribution in [3.63, 3.8) is 0 Å². The largest absolute Gasteiger partial charge is 0.390 e. The fourth-order valence-electron chi connectivity index (χ4n) is 4.72. The van der Waals surface area contributed by atoms with Gasteiger partial charge in [0.25, 0.3) is 12.0 Å². The van der Waals surface area contributed by atoms with Crippen LogP contribution in [0.4, 0.5) is 32.0 Å². The van der Waals surface area contributed by atoms with Crippen LogP contribution >= 0.6 is 0 Å². The maximum Gasteiger partial charge on any atom is 0.390 e. The van der Waals surface area contributed by atoms with Gasteiger partial charge in [0.1, 0.15) is 0 Å². The van der Waals surface area contributed by atoms with E-state index in [2.05, 4.69) is 0 Å². The van der Waals surface area contributed by atoms with Gasteiger partial charge in [0.05, 0.1) is 28.6 Å². The summed E-state index contributed by atoms with van der Waals surface area (Å²) in [5.41, 5.74) is 2.57. The predicted molar refractivity (Wildman–Crippen MR) is 106 cm³/mol. The van der Waals surface area contributed by atoms with E-state index < -0.39 is 59.0 Å². The van der Waals surface area contributed by atoms with Crippen molar-refractivity contribution in [2.45, 2.75) is 57.3 Å². The molecule has 12 heteroatoms. The lowest BCUT2D eigenvalue weighted by Crippen LogP contribution is -2.37. The topological polar surface area (TPSA) is 84.1 Å². The number of hydrogen-bond donors (Lipinski definition) is 2. The third-order valence-electron chi connectivity index (χ3n) is 6.31. The fourth-order valence-corrected chi connectivity index (χ4v) is 4.72. The Morgan fingerprint density at radius 1 is 1.19 bits per heavy atom. The first-order valence-corrected chi connectivity index (χ1v) is 10.3. The molecule has 0 spiro atoms. The quantitative estimate of drug-likeness (QED) is 0.664. The number of rotatable bonds is 5. The van der Waals surface area contributed by atoms with E-state index in [0.717, 1.165) is 0 Å². The monoisotopic (exact) mass is 464 g/mol. The molecule has 2 unspecified atom stereocenters. The van der Waals surface area contributed by atoms with Gasteiger partial charge in [0.2, 0.25) is 0 Å². The smallest absolute Gasteiger partial charge is 0.369 e. The number of aromatic amines is 1. The molecule has 1 aromatic carbocycles. The second kappa shape index (κ2) is 7.82. The third-order valence-corrected chi connectivity index (χ3v) is 6.31. The van der Waals surface area contributed by atoms with Crippen molar-refractivity contribution >= 4 is 16.6 Å². The molecule has 6 nitrogen and oxygen atoms in total. The van der Waals surface area contributed by atoms with Gasteiger partial charge in [-0.15, -0.1) is 0 Å². The highest BCUT2D eigenvalue weighted by Crippen LogP contribution is 2.43. The van der Waals surface area contributed by atoms with Gasteiger partial charge in [-0.25, -0.2) is 18.0 Å². The minimum Gasteiger partial charge on any atom is -0.369 e. The molecule has 1 saturated heterocycles. The summed E-state index contributed by atoms with van der Waals surface area (Å²) in [7, 11) is 0. The molecule has 2 fully saturated rings. The number of anilines is 1. The van der Waals surface area contributed by atoms with Crippen LogP contribution in [0.15, 0.2) is 9.59 Å². The lowest BCUT2D eigenvalue weighted by Gasteiger charge is -2.26. The second-order valence-corrected chi connectivity index (χ2v) is 8.56. The molecule has 4 rings (SSSR count). The van der Waals surface area contributed by atoms with E-state index in [-0.39, 0.29) is 42.3 Å². The maximum absolute atomic E-state index is 15.4. The number of H-pyrrole nitrogens is 1. The fraction of sp³-hybridized carbons (Fsp3) is 0.600. The third kappa shape index (κ3) is 3.89. The molecule has 2 atom stereocenters. The van der Waals surface area contributed by atoms with Gasteiger partial charge < -0.3 is 10.6 Å². The van der Waals surface area contributed by atoms with Crippen LogP contribution in [0.25, 0.3) is 10.9 Å². The van der Waals surface area contributed by atoms with Gasteiger partial charge in [0.15, 0.2) is 5.82 Å².